The molecule has 0 aliphatic rings. The number of aryl methyl sites for hydroxylation is 2. The molecule has 0 saturated heterocycles. The van der Waals surface area contributed by atoms with Crippen LogP contribution in [0.5, 0.6) is 0 Å². The van der Waals surface area contributed by atoms with Gasteiger partial charge in [-0.3, -0.25) is 4.68 Å². The van der Waals surface area contributed by atoms with Gasteiger partial charge in [-0.15, -0.1) is 0 Å². The van der Waals surface area contributed by atoms with Crippen LogP contribution in [0.15, 0.2) is 4.52 Å². The Morgan fingerprint density at radius 1 is 1.44 bits per heavy atom. The van der Waals surface area contributed by atoms with Crippen molar-refractivity contribution in [2.24, 2.45) is 0 Å². The summed E-state index contributed by atoms with van der Waals surface area (Å²) in [5.41, 5.74) is 1.91. The van der Waals surface area contributed by atoms with E-state index >= 15 is 0 Å². The van der Waals surface area contributed by atoms with E-state index in [9.17, 15) is 4.79 Å². The van der Waals surface area contributed by atoms with Crippen molar-refractivity contribution in [3.63, 3.8) is 0 Å². The van der Waals surface area contributed by atoms with E-state index in [0.717, 1.165) is 5.69 Å². The molecule has 0 atom stereocenters. The Morgan fingerprint density at radius 3 is 2.61 bits per heavy atom. The highest BCUT2D eigenvalue weighted by Crippen LogP contribution is 2.22. The highest BCUT2D eigenvalue weighted by Gasteiger charge is 2.21. The van der Waals surface area contributed by atoms with Gasteiger partial charge < -0.3 is 9.63 Å². The summed E-state index contributed by atoms with van der Waals surface area (Å²) >= 11 is 6.04. The van der Waals surface area contributed by atoms with Gasteiger partial charge >= 0.3 is 5.97 Å². The van der Waals surface area contributed by atoms with Gasteiger partial charge in [0.15, 0.2) is 5.69 Å². The Balaban J connectivity index is 2.43. The largest absolute Gasteiger partial charge is 0.476 e. The Morgan fingerprint density at radius 2 is 2.11 bits per heavy atom. The van der Waals surface area contributed by atoms with Gasteiger partial charge in [-0.1, -0.05) is 16.8 Å². The number of aromatic nitrogens is 3. The van der Waals surface area contributed by atoms with Crippen LogP contribution in [0.25, 0.3) is 0 Å². The van der Waals surface area contributed by atoms with Crippen LogP contribution < -0.4 is 0 Å². The van der Waals surface area contributed by atoms with Crippen molar-refractivity contribution < 1.29 is 14.4 Å². The van der Waals surface area contributed by atoms with Gasteiger partial charge in [-0.05, 0) is 20.8 Å². The summed E-state index contributed by atoms with van der Waals surface area (Å²) in [5.74, 6) is -0.648. The fourth-order valence-corrected chi connectivity index (χ4v) is 1.86. The molecule has 1 N–H and O–H groups in total. The molecule has 0 saturated carbocycles. The maximum absolute atomic E-state index is 11.0. The first-order chi connectivity index (χ1) is 8.41. The number of aromatic carboxylic acids is 1. The fraction of sp³-hybridized carbons (Fsp3) is 0.364. The van der Waals surface area contributed by atoms with Gasteiger partial charge in [-0.25, -0.2) is 4.79 Å². The van der Waals surface area contributed by atoms with Crippen molar-refractivity contribution in [2.45, 2.75) is 27.3 Å². The first kappa shape index (κ1) is 12.6. The normalized spacial score (nSPS) is 10.9. The lowest BCUT2D eigenvalue weighted by atomic mass is 10.2. The van der Waals surface area contributed by atoms with Crippen LogP contribution in [-0.4, -0.2) is 26.0 Å². The van der Waals surface area contributed by atoms with E-state index < -0.39 is 5.97 Å². The molecule has 96 valence electrons. The minimum Gasteiger partial charge on any atom is -0.476 e. The Labute approximate surface area is 108 Å². The SMILES string of the molecule is Cc1nn(Cc2c(C(=O)O)noc2C)c(C)c1Cl. The van der Waals surface area contributed by atoms with E-state index in [1.165, 1.54) is 0 Å². The van der Waals surface area contributed by atoms with Crippen molar-refractivity contribution in [1.29, 1.82) is 0 Å². The topological polar surface area (TPSA) is 81.2 Å². The summed E-state index contributed by atoms with van der Waals surface area (Å²) in [6, 6.07) is 0. The molecule has 0 aromatic carbocycles. The molecule has 2 aromatic heterocycles. The zero-order valence-electron chi connectivity index (χ0n) is 10.2. The molecule has 6 nitrogen and oxygen atoms in total. The summed E-state index contributed by atoms with van der Waals surface area (Å²) in [5, 5.41) is 17.4. The standard InChI is InChI=1S/C11H12ClN3O3/c1-5-9(12)6(2)15(13-5)4-8-7(3)18-14-10(8)11(16)17/h4H2,1-3H3,(H,16,17). The van der Waals surface area contributed by atoms with Crippen LogP contribution in [0, 0.1) is 20.8 Å². The molecule has 2 heterocycles. The minimum atomic E-state index is -1.12. The van der Waals surface area contributed by atoms with Crippen LogP contribution in [0.3, 0.4) is 0 Å². The zero-order chi connectivity index (χ0) is 13.4. The minimum absolute atomic E-state index is 0.0869. The second kappa shape index (κ2) is 4.45. The second-order valence-electron chi connectivity index (χ2n) is 4.01. The number of rotatable bonds is 3. The van der Waals surface area contributed by atoms with Crippen LogP contribution in [0.4, 0.5) is 0 Å². The fourth-order valence-electron chi connectivity index (χ4n) is 1.72. The first-order valence-electron chi connectivity index (χ1n) is 5.29. The number of hydrogen-bond acceptors (Lipinski definition) is 4. The Bertz CT molecular complexity index is 615. The van der Waals surface area contributed by atoms with E-state index in [-0.39, 0.29) is 12.2 Å². The van der Waals surface area contributed by atoms with Gasteiger partial charge in [0.25, 0.3) is 0 Å². The van der Waals surface area contributed by atoms with Gasteiger partial charge in [0.05, 0.1) is 28.5 Å². The van der Waals surface area contributed by atoms with Crippen molar-refractivity contribution >= 4 is 17.6 Å². The molecule has 18 heavy (non-hydrogen) atoms. The number of nitrogens with zero attached hydrogens (tertiary/aromatic N) is 3. The summed E-state index contributed by atoms with van der Waals surface area (Å²) < 4.78 is 6.54. The quantitative estimate of drug-likeness (QED) is 0.924. The third-order valence-electron chi connectivity index (χ3n) is 2.79. The van der Waals surface area contributed by atoms with Crippen LogP contribution >= 0.6 is 11.6 Å². The predicted octanol–water partition coefficient (Wildman–Crippen LogP) is 2.20. The molecular weight excluding hydrogens is 258 g/mol. The molecule has 2 aromatic rings. The van der Waals surface area contributed by atoms with E-state index in [1.54, 1.807) is 18.5 Å². The number of carboxylic acids is 1. The molecule has 2 rings (SSSR count). The molecule has 0 bridgehead atoms. The van der Waals surface area contributed by atoms with Gasteiger partial charge in [0, 0.05) is 0 Å². The van der Waals surface area contributed by atoms with Crippen molar-refractivity contribution in [2.75, 3.05) is 0 Å². The highest BCUT2D eigenvalue weighted by atomic mass is 35.5. The summed E-state index contributed by atoms with van der Waals surface area (Å²) in [4.78, 5) is 11.0. The molecule has 0 amide bonds. The summed E-state index contributed by atoms with van der Waals surface area (Å²) in [7, 11) is 0. The lowest BCUT2D eigenvalue weighted by molar-refractivity contribution is 0.0684. The average Bonchev–Trinajstić information content (AvgIpc) is 2.77. The molecule has 0 fully saturated rings. The van der Waals surface area contributed by atoms with Crippen molar-refractivity contribution in [3.05, 3.63) is 33.4 Å². The third-order valence-corrected chi connectivity index (χ3v) is 3.34. The molecule has 0 aliphatic heterocycles. The maximum atomic E-state index is 11.0. The molecular formula is C11H12ClN3O3. The molecule has 0 aliphatic carbocycles. The number of halogens is 1. The van der Waals surface area contributed by atoms with E-state index in [0.29, 0.717) is 22.0 Å². The van der Waals surface area contributed by atoms with Crippen LogP contribution in [-0.2, 0) is 6.54 Å². The Kier molecular flexibility index (Phi) is 3.13. The van der Waals surface area contributed by atoms with E-state index in [2.05, 4.69) is 10.3 Å². The third kappa shape index (κ3) is 1.99. The lowest BCUT2D eigenvalue weighted by Gasteiger charge is -2.03. The monoisotopic (exact) mass is 269 g/mol. The molecule has 0 unspecified atom stereocenters. The number of hydrogen-bond donors (Lipinski definition) is 1. The number of carbonyl (C=O) groups is 1. The Hall–Kier alpha value is -1.82. The zero-order valence-corrected chi connectivity index (χ0v) is 10.9. The molecule has 0 radical (unpaired) electrons. The van der Waals surface area contributed by atoms with Crippen molar-refractivity contribution in [3.8, 4) is 0 Å². The predicted molar refractivity (Wildman–Crippen MR) is 64.0 cm³/mol. The number of carboxylic acid groups (broad SMARTS) is 1. The van der Waals surface area contributed by atoms with Gasteiger partial charge in [0.2, 0.25) is 0 Å². The highest BCUT2D eigenvalue weighted by molar-refractivity contribution is 6.31. The first-order valence-corrected chi connectivity index (χ1v) is 5.67. The van der Waals surface area contributed by atoms with Crippen LogP contribution in [0.2, 0.25) is 5.02 Å². The van der Waals surface area contributed by atoms with Gasteiger partial charge in [-0.2, -0.15) is 5.10 Å². The maximum Gasteiger partial charge on any atom is 0.358 e. The van der Waals surface area contributed by atoms with E-state index in [4.69, 9.17) is 21.2 Å². The smallest absolute Gasteiger partial charge is 0.358 e. The molecule has 7 heteroatoms. The summed E-state index contributed by atoms with van der Waals surface area (Å²) in [6.45, 7) is 5.56. The summed E-state index contributed by atoms with van der Waals surface area (Å²) in [6.07, 6.45) is 0. The van der Waals surface area contributed by atoms with Gasteiger partial charge in [0.1, 0.15) is 5.76 Å². The molecule has 0 spiro atoms. The van der Waals surface area contributed by atoms with Crippen LogP contribution in [0.1, 0.15) is 33.2 Å². The average molecular weight is 270 g/mol. The van der Waals surface area contributed by atoms with Crippen molar-refractivity contribution in [1.82, 2.24) is 14.9 Å². The second-order valence-corrected chi connectivity index (χ2v) is 4.39. The lowest BCUT2D eigenvalue weighted by Crippen LogP contribution is -2.09. The van der Waals surface area contributed by atoms with E-state index in [1.807, 2.05) is 6.92 Å².